The van der Waals surface area contributed by atoms with E-state index >= 15 is 0 Å². The normalized spacial score (nSPS) is 32.8. The molecule has 1 aliphatic carbocycles. The van der Waals surface area contributed by atoms with Gasteiger partial charge in [-0.1, -0.05) is 0 Å². The molecule has 0 aromatic rings. The molecule has 7 unspecified atom stereocenters. The highest BCUT2D eigenvalue weighted by molar-refractivity contribution is 6.24. The van der Waals surface area contributed by atoms with Crippen LogP contribution in [-0.4, -0.2) is 95.6 Å². The van der Waals surface area contributed by atoms with Crippen LogP contribution in [0.15, 0.2) is 4.99 Å². The number of guanidine groups is 1. The van der Waals surface area contributed by atoms with E-state index in [9.17, 15) is 24.6 Å². The number of aliphatic hydroxyl groups excluding tert-OH is 1. The third kappa shape index (κ3) is 7.59. The Balaban J connectivity index is 1.49. The lowest BCUT2D eigenvalue weighted by Gasteiger charge is -2.38. The molecule has 2 amide bonds. The third-order valence-electron chi connectivity index (χ3n) is 6.24. The van der Waals surface area contributed by atoms with E-state index in [0.717, 1.165) is 19.0 Å². The largest absolute Gasteiger partial charge is 0.481 e. The lowest BCUT2D eigenvalue weighted by atomic mass is 9.79. The van der Waals surface area contributed by atoms with Gasteiger partial charge in [-0.25, -0.2) is 0 Å². The van der Waals surface area contributed by atoms with Crippen LogP contribution < -0.4 is 26.6 Å². The fraction of sp³-hybridized carbons (Fsp3) is 0.800. The van der Waals surface area contributed by atoms with Gasteiger partial charge in [0, 0.05) is 43.0 Å². The molecule has 2 fully saturated rings. The van der Waals surface area contributed by atoms with Gasteiger partial charge in [0.05, 0.1) is 36.9 Å². The number of carbonyl (C=O) groups is 3. The van der Waals surface area contributed by atoms with Gasteiger partial charge >= 0.3 is 5.97 Å². The molecule has 0 aromatic carbocycles. The van der Waals surface area contributed by atoms with Gasteiger partial charge in [-0.2, -0.15) is 0 Å². The Labute approximate surface area is 202 Å². The van der Waals surface area contributed by atoms with E-state index in [4.69, 9.17) is 23.2 Å². The number of rotatable bonds is 8. The number of piperidine rings is 1. The number of alkyl halides is 2. The molecule has 33 heavy (non-hydrogen) atoms. The van der Waals surface area contributed by atoms with Crippen molar-refractivity contribution in [3.63, 3.8) is 0 Å². The Morgan fingerprint density at radius 2 is 1.97 bits per heavy atom. The minimum absolute atomic E-state index is 0.0346. The number of aliphatic hydroxyl groups is 1. The zero-order valence-corrected chi connectivity index (χ0v) is 19.7. The minimum Gasteiger partial charge on any atom is -0.481 e. The Bertz CT molecular complexity index is 756. The van der Waals surface area contributed by atoms with Gasteiger partial charge in [-0.15, -0.1) is 23.2 Å². The van der Waals surface area contributed by atoms with E-state index in [-0.39, 0.29) is 36.2 Å². The van der Waals surface area contributed by atoms with E-state index < -0.39 is 35.3 Å². The van der Waals surface area contributed by atoms with Crippen molar-refractivity contribution in [1.29, 1.82) is 0 Å². The number of carbonyl (C=O) groups excluding carboxylic acids is 2. The first kappa shape index (κ1) is 25.8. The summed E-state index contributed by atoms with van der Waals surface area (Å²) in [7, 11) is 0. The minimum atomic E-state index is -1.12. The number of carboxylic acid groups (broad SMARTS) is 1. The van der Waals surface area contributed by atoms with Gasteiger partial charge in [-0.3, -0.25) is 19.4 Å². The van der Waals surface area contributed by atoms with Crippen molar-refractivity contribution in [1.82, 2.24) is 26.6 Å². The van der Waals surface area contributed by atoms with Crippen LogP contribution in [0.4, 0.5) is 0 Å². The Morgan fingerprint density at radius 3 is 2.67 bits per heavy atom. The number of nitrogens with zero attached hydrogens (tertiary/aromatic N) is 1. The molecule has 0 radical (unpaired) electrons. The maximum Gasteiger partial charge on any atom is 0.305 e. The monoisotopic (exact) mass is 506 g/mol. The summed E-state index contributed by atoms with van der Waals surface area (Å²) >= 11 is 12.4. The van der Waals surface area contributed by atoms with Crippen molar-refractivity contribution in [3.05, 3.63) is 0 Å². The zero-order chi connectivity index (χ0) is 24.0. The Morgan fingerprint density at radius 1 is 1.18 bits per heavy atom. The van der Waals surface area contributed by atoms with Gasteiger partial charge in [0.2, 0.25) is 11.8 Å². The SMILES string of the molecule is O=C(O)CC(NC(=O)CNC(=O)C1CNCC(NC2=NCCN2)C1)C1CC(Cl)CC(Cl)C1O. The smallest absolute Gasteiger partial charge is 0.305 e. The number of hydrogen-bond donors (Lipinski definition) is 7. The standard InChI is InChI=1S/C20H32Cl2N6O5/c21-11-4-13(18(32)14(22)5-11)15(6-17(30)31)28-16(29)9-26-19(33)10-3-12(8-23-7-10)27-20-24-1-2-25-20/h10-15,18,23,32H,1-9H2,(H,26,33)(H,28,29)(H,30,31)(H2,24,25,27). The predicted octanol–water partition coefficient (Wildman–Crippen LogP) is -1.43. The average molecular weight is 507 g/mol. The summed E-state index contributed by atoms with van der Waals surface area (Å²) in [4.78, 5) is 40.8. The molecule has 7 N–H and O–H groups in total. The quantitative estimate of drug-likeness (QED) is 0.197. The summed E-state index contributed by atoms with van der Waals surface area (Å²) in [5.41, 5.74) is 0. The lowest BCUT2D eigenvalue weighted by Crippen LogP contribution is -2.55. The van der Waals surface area contributed by atoms with Gasteiger partial charge in [0.15, 0.2) is 5.96 Å². The molecule has 0 aromatic heterocycles. The first-order valence-corrected chi connectivity index (χ1v) is 12.1. The number of aliphatic imine (C=N–C) groups is 1. The molecule has 1 saturated carbocycles. The van der Waals surface area contributed by atoms with E-state index in [1.54, 1.807) is 0 Å². The second-order valence-corrected chi connectivity index (χ2v) is 10.00. The Hall–Kier alpha value is -1.82. The second kappa shape index (κ2) is 12.0. The fourth-order valence-corrected chi connectivity index (χ4v) is 5.48. The van der Waals surface area contributed by atoms with Crippen LogP contribution in [0.2, 0.25) is 0 Å². The topological polar surface area (TPSA) is 164 Å². The van der Waals surface area contributed by atoms with Crippen molar-refractivity contribution in [2.45, 2.75) is 54.6 Å². The summed E-state index contributed by atoms with van der Waals surface area (Å²) in [5.74, 6) is -2.11. The van der Waals surface area contributed by atoms with Crippen molar-refractivity contribution in [3.8, 4) is 0 Å². The molecule has 2 aliphatic heterocycles. The van der Waals surface area contributed by atoms with Gasteiger partial charge < -0.3 is 36.8 Å². The summed E-state index contributed by atoms with van der Waals surface area (Å²) in [6, 6.07) is -0.818. The Kier molecular flexibility index (Phi) is 9.42. The highest BCUT2D eigenvalue weighted by Crippen LogP contribution is 2.34. The highest BCUT2D eigenvalue weighted by Gasteiger charge is 2.40. The van der Waals surface area contributed by atoms with E-state index in [0.29, 0.717) is 32.4 Å². The van der Waals surface area contributed by atoms with E-state index in [1.807, 2.05) is 0 Å². The molecular formula is C20H32Cl2N6O5. The van der Waals surface area contributed by atoms with Crippen molar-refractivity contribution in [2.24, 2.45) is 16.8 Å². The molecule has 1 saturated heterocycles. The van der Waals surface area contributed by atoms with Gasteiger partial charge in [-0.05, 0) is 19.3 Å². The number of hydrogen-bond acceptors (Lipinski definition) is 8. The lowest BCUT2D eigenvalue weighted by molar-refractivity contribution is -0.139. The molecule has 3 aliphatic rings. The number of halogens is 2. The average Bonchev–Trinajstić information content (AvgIpc) is 3.27. The predicted molar refractivity (Wildman–Crippen MR) is 123 cm³/mol. The summed E-state index contributed by atoms with van der Waals surface area (Å²) in [5, 5.41) is 33.7. The van der Waals surface area contributed by atoms with Crippen LogP contribution >= 0.6 is 23.2 Å². The number of amides is 2. The number of aliphatic carboxylic acids is 1. The summed E-state index contributed by atoms with van der Waals surface area (Å²) in [6.45, 7) is 2.41. The van der Waals surface area contributed by atoms with Gasteiger partial charge in [0.1, 0.15) is 0 Å². The van der Waals surface area contributed by atoms with Gasteiger partial charge in [0.25, 0.3) is 0 Å². The van der Waals surface area contributed by atoms with Crippen LogP contribution in [0.25, 0.3) is 0 Å². The second-order valence-electron chi connectivity index (χ2n) is 8.82. The zero-order valence-electron chi connectivity index (χ0n) is 18.2. The van der Waals surface area contributed by atoms with E-state index in [1.165, 1.54) is 0 Å². The van der Waals surface area contributed by atoms with Crippen LogP contribution in [0.3, 0.4) is 0 Å². The van der Waals surface area contributed by atoms with Crippen molar-refractivity contribution in [2.75, 3.05) is 32.7 Å². The maximum atomic E-state index is 12.6. The van der Waals surface area contributed by atoms with Crippen LogP contribution in [0.5, 0.6) is 0 Å². The van der Waals surface area contributed by atoms with Crippen LogP contribution in [-0.2, 0) is 14.4 Å². The molecule has 0 spiro atoms. The molecule has 3 rings (SSSR count). The third-order valence-corrected chi connectivity index (χ3v) is 7.03. The first-order chi connectivity index (χ1) is 15.7. The first-order valence-electron chi connectivity index (χ1n) is 11.2. The molecule has 186 valence electrons. The molecule has 11 nitrogen and oxygen atoms in total. The summed E-state index contributed by atoms with van der Waals surface area (Å²) in [6.07, 6.45) is -0.0480. The van der Waals surface area contributed by atoms with Crippen molar-refractivity contribution < 1.29 is 24.6 Å². The van der Waals surface area contributed by atoms with Crippen LogP contribution in [0.1, 0.15) is 25.7 Å². The molecule has 2 heterocycles. The number of nitrogens with one attached hydrogen (secondary N) is 5. The highest BCUT2D eigenvalue weighted by atomic mass is 35.5. The number of carboxylic acids is 1. The fourth-order valence-electron chi connectivity index (χ4n) is 4.59. The molecule has 13 heteroatoms. The molecule has 7 atom stereocenters. The van der Waals surface area contributed by atoms with Crippen molar-refractivity contribution >= 4 is 46.9 Å². The van der Waals surface area contributed by atoms with Crippen LogP contribution in [0, 0.1) is 11.8 Å². The molecule has 0 bridgehead atoms. The molecular weight excluding hydrogens is 475 g/mol. The maximum absolute atomic E-state index is 12.6. The van der Waals surface area contributed by atoms with E-state index in [2.05, 4.69) is 31.6 Å². The summed E-state index contributed by atoms with van der Waals surface area (Å²) < 4.78 is 0.